The fraction of sp³-hybridized carbons (Fsp3) is 0.417. The van der Waals surface area contributed by atoms with E-state index in [1.54, 1.807) is 0 Å². The number of Topliss-reactive ketones (excluding diaryl/α,β-unsaturated/α-hetero) is 1. The molecule has 106 valence electrons. The molecular formula is C12H17IN2O4. The first kappa shape index (κ1) is 17.9. The molecule has 0 heterocycles. The highest BCUT2D eigenvalue weighted by molar-refractivity contribution is 5.99. The van der Waals surface area contributed by atoms with Crippen LogP contribution >= 0.6 is 0 Å². The summed E-state index contributed by atoms with van der Waals surface area (Å²) in [5.41, 5.74) is 0.00319. The Balaban J connectivity index is 0.00000324. The molecule has 0 radical (unpaired) electrons. The minimum absolute atomic E-state index is 0. The normalized spacial score (nSPS) is 12.4. The van der Waals surface area contributed by atoms with Gasteiger partial charge in [0.2, 0.25) is 0 Å². The van der Waals surface area contributed by atoms with Gasteiger partial charge in [-0.05, 0) is 0 Å². The second kappa shape index (κ2) is 6.92. The predicted octanol–water partition coefficient (Wildman–Crippen LogP) is -2.15. The van der Waals surface area contributed by atoms with Gasteiger partial charge in [-0.1, -0.05) is 12.1 Å². The van der Waals surface area contributed by atoms with E-state index in [1.807, 2.05) is 21.1 Å². The molecule has 0 amide bonds. The number of likely N-dealkylation sites (N-methyl/N-ethyl adjacent to an activating group) is 1. The van der Waals surface area contributed by atoms with Crippen LogP contribution in [0.25, 0.3) is 0 Å². The number of rotatable bonds is 5. The summed E-state index contributed by atoms with van der Waals surface area (Å²) in [5, 5.41) is 20.4. The van der Waals surface area contributed by atoms with Crippen LogP contribution in [0.15, 0.2) is 24.3 Å². The Kier molecular flexibility index (Phi) is 6.53. The monoisotopic (exact) mass is 380 g/mol. The molecule has 7 heteroatoms. The number of benzene rings is 1. The van der Waals surface area contributed by atoms with E-state index in [1.165, 1.54) is 24.3 Å². The second-order valence-corrected chi connectivity index (χ2v) is 5.16. The van der Waals surface area contributed by atoms with Gasteiger partial charge in [-0.15, -0.1) is 0 Å². The average molecular weight is 380 g/mol. The molecule has 0 aromatic heterocycles. The van der Waals surface area contributed by atoms with Crippen molar-refractivity contribution in [3.8, 4) is 0 Å². The molecule has 0 aliphatic rings. The Labute approximate surface area is 128 Å². The van der Waals surface area contributed by atoms with Crippen molar-refractivity contribution in [2.24, 2.45) is 0 Å². The smallest absolute Gasteiger partial charge is 0.270 e. The Morgan fingerprint density at radius 1 is 1.42 bits per heavy atom. The van der Waals surface area contributed by atoms with Gasteiger partial charge in [0, 0.05) is 17.7 Å². The van der Waals surface area contributed by atoms with Crippen molar-refractivity contribution in [2.45, 2.75) is 6.10 Å². The lowest BCUT2D eigenvalue weighted by atomic mass is 10.1. The highest BCUT2D eigenvalue weighted by Gasteiger charge is 2.24. The number of nitro benzene ring substituents is 1. The maximum atomic E-state index is 11.9. The lowest BCUT2D eigenvalue weighted by molar-refractivity contribution is -0.872. The lowest BCUT2D eigenvalue weighted by Crippen LogP contribution is -3.00. The number of halogens is 1. The Morgan fingerprint density at radius 2 is 2.00 bits per heavy atom. The second-order valence-electron chi connectivity index (χ2n) is 5.16. The van der Waals surface area contributed by atoms with Crippen molar-refractivity contribution >= 4 is 11.5 Å². The summed E-state index contributed by atoms with van der Waals surface area (Å²) < 4.78 is 0.432. The molecule has 0 saturated carbocycles. The third-order valence-electron chi connectivity index (χ3n) is 2.36. The number of hydrogen-bond donors (Lipinski definition) is 1. The van der Waals surface area contributed by atoms with E-state index >= 15 is 0 Å². The van der Waals surface area contributed by atoms with Crippen LogP contribution in [0.1, 0.15) is 10.4 Å². The predicted molar refractivity (Wildman–Crippen MR) is 66.3 cm³/mol. The van der Waals surface area contributed by atoms with Crippen molar-refractivity contribution in [1.29, 1.82) is 0 Å². The quantitative estimate of drug-likeness (QED) is 0.208. The van der Waals surface area contributed by atoms with Gasteiger partial charge in [0.1, 0.15) is 6.54 Å². The summed E-state index contributed by atoms with van der Waals surface area (Å²) in [5.74, 6) is -0.494. The molecule has 6 nitrogen and oxygen atoms in total. The van der Waals surface area contributed by atoms with Crippen LogP contribution in [0, 0.1) is 10.1 Å². The standard InChI is InChI=1S/C12H17N2O4.HI/c1-14(2,3)8-11(15)12(16)9-5-4-6-10(7-9)13(17)18;/h4-7,11,15H,8H2,1-3H3;1H/q+1;/p-1. The van der Waals surface area contributed by atoms with Crippen LogP contribution < -0.4 is 24.0 Å². The zero-order valence-electron chi connectivity index (χ0n) is 11.0. The number of aliphatic hydroxyl groups is 1. The molecule has 19 heavy (non-hydrogen) atoms. The summed E-state index contributed by atoms with van der Waals surface area (Å²) in [4.78, 5) is 22.0. The van der Waals surface area contributed by atoms with E-state index in [4.69, 9.17) is 0 Å². The van der Waals surface area contributed by atoms with Crippen LogP contribution in [-0.2, 0) is 0 Å². The van der Waals surface area contributed by atoms with Crippen molar-refractivity contribution in [1.82, 2.24) is 0 Å². The Hall–Kier alpha value is -1.06. The van der Waals surface area contributed by atoms with Crippen LogP contribution in [0.5, 0.6) is 0 Å². The first-order chi connectivity index (χ1) is 8.20. The topological polar surface area (TPSA) is 80.4 Å². The van der Waals surface area contributed by atoms with Gasteiger partial charge in [0.15, 0.2) is 11.9 Å². The number of carbonyl (C=O) groups is 1. The maximum absolute atomic E-state index is 11.9. The average Bonchev–Trinajstić information content (AvgIpc) is 2.26. The van der Waals surface area contributed by atoms with Crippen molar-refractivity contribution in [2.75, 3.05) is 27.7 Å². The molecule has 0 aliphatic carbocycles. The number of ketones is 1. The molecule has 1 unspecified atom stereocenters. The highest BCUT2D eigenvalue weighted by atomic mass is 127. The van der Waals surface area contributed by atoms with Crippen LogP contribution in [0.3, 0.4) is 0 Å². The van der Waals surface area contributed by atoms with E-state index in [0.29, 0.717) is 4.48 Å². The van der Waals surface area contributed by atoms with Gasteiger partial charge in [0.05, 0.1) is 26.1 Å². The number of nitrogens with zero attached hydrogens (tertiary/aromatic N) is 2. The third-order valence-corrected chi connectivity index (χ3v) is 2.36. The van der Waals surface area contributed by atoms with Crippen molar-refractivity contribution in [3.05, 3.63) is 39.9 Å². The molecule has 0 fully saturated rings. The zero-order valence-corrected chi connectivity index (χ0v) is 13.2. The number of aliphatic hydroxyl groups excluding tert-OH is 1. The number of non-ortho nitro benzene ring substituents is 1. The van der Waals surface area contributed by atoms with Gasteiger partial charge in [-0.3, -0.25) is 14.9 Å². The summed E-state index contributed by atoms with van der Waals surface area (Å²) >= 11 is 0. The molecule has 1 aromatic carbocycles. The number of hydrogen-bond acceptors (Lipinski definition) is 4. The number of quaternary nitrogens is 1. The maximum Gasteiger partial charge on any atom is 0.270 e. The van der Waals surface area contributed by atoms with E-state index in [9.17, 15) is 20.0 Å². The number of carbonyl (C=O) groups excluding carboxylic acids is 1. The van der Waals surface area contributed by atoms with Crippen LogP contribution in [0.4, 0.5) is 5.69 Å². The summed E-state index contributed by atoms with van der Waals surface area (Å²) in [7, 11) is 5.55. The van der Waals surface area contributed by atoms with E-state index in [2.05, 4.69) is 0 Å². The number of nitro groups is 1. The Bertz CT molecular complexity index is 471. The molecule has 0 spiro atoms. The highest BCUT2D eigenvalue weighted by Crippen LogP contribution is 2.15. The van der Waals surface area contributed by atoms with E-state index in [-0.39, 0.29) is 41.8 Å². The minimum atomic E-state index is -1.16. The fourth-order valence-corrected chi connectivity index (χ4v) is 1.57. The van der Waals surface area contributed by atoms with Gasteiger partial charge < -0.3 is 33.6 Å². The minimum Gasteiger partial charge on any atom is -1.00 e. The zero-order chi connectivity index (χ0) is 13.9. The fourth-order valence-electron chi connectivity index (χ4n) is 1.57. The third kappa shape index (κ3) is 5.62. The Morgan fingerprint density at radius 3 is 2.47 bits per heavy atom. The molecule has 0 aliphatic heterocycles. The van der Waals surface area contributed by atoms with Gasteiger partial charge >= 0.3 is 0 Å². The molecule has 1 atom stereocenters. The van der Waals surface area contributed by atoms with Gasteiger partial charge in [-0.25, -0.2) is 0 Å². The SMILES string of the molecule is C[N+](C)(C)CC(O)C(=O)c1cccc([N+](=O)[O-])c1.[I-]. The van der Waals surface area contributed by atoms with E-state index in [0.717, 1.165) is 0 Å². The molecule has 0 bridgehead atoms. The largest absolute Gasteiger partial charge is 1.00 e. The first-order valence-corrected chi connectivity index (χ1v) is 5.48. The molecule has 1 N–H and O–H groups in total. The summed E-state index contributed by atoms with van der Waals surface area (Å²) in [6.45, 7) is 0.252. The van der Waals surface area contributed by atoms with Crippen molar-refractivity contribution in [3.63, 3.8) is 0 Å². The van der Waals surface area contributed by atoms with Crippen LogP contribution in [-0.4, -0.2) is 54.1 Å². The molecule has 0 saturated heterocycles. The summed E-state index contributed by atoms with van der Waals surface area (Å²) in [6.07, 6.45) is -1.16. The first-order valence-electron chi connectivity index (χ1n) is 5.48. The van der Waals surface area contributed by atoms with E-state index < -0.39 is 16.8 Å². The molecular weight excluding hydrogens is 363 g/mol. The van der Waals surface area contributed by atoms with Gasteiger partial charge in [0.25, 0.3) is 5.69 Å². The molecule has 1 rings (SSSR count). The summed E-state index contributed by atoms with van der Waals surface area (Å²) in [6, 6.07) is 5.39. The van der Waals surface area contributed by atoms with Gasteiger partial charge in [-0.2, -0.15) is 0 Å². The van der Waals surface area contributed by atoms with Crippen LogP contribution in [0.2, 0.25) is 0 Å². The molecule has 1 aromatic rings. The van der Waals surface area contributed by atoms with Crippen molar-refractivity contribution < 1.29 is 43.3 Å². The lowest BCUT2D eigenvalue weighted by Gasteiger charge is -2.26.